The number of oxazole rings is 1. The van der Waals surface area contributed by atoms with E-state index < -0.39 is 0 Å². The van der Waals surface area contributed by atoms with Gasteiger partial charge in [-0.05, 0) is 23.8 Å². The summed E-state index contributed by atoms with van der Waals surface area (Å²) in [5.41, 5.74) is 2.77. The van der Waals surface area contributed by atoms with Crippen molar-refractivity contribution >= 4 is 17.6 Å². The molecule has 0 bridgehead atoms. The van der Waals surface area contributed by atoms with Gasteiger partial charge in [-0.1, -0.05) is 48.0 Å². The average Bonchev–Trinajstić information content (AvgIpc) is 3.13. The van der Waals surface area contributed by atoms with E-state index in [1.165, 1.54) is 0 Å². The molecule has 0 aliphatic carbocycles. The fourth-order valence-corrected chi connectivity index (χ4v) is 2.52. The van der Waals surface area contributed by atoms with Crippen molar-refractivity contribution in [2.24, 2.45) is 4.99 Å². The van der Waals surface area contributed by atoms with Crippen molar-refractivity contribution in [3.63, 3.8) is 0 Å². The maximum atomic E-state index is 6.16. The molecule has 0 aliphatic rings. The highest BCUT2D eigenvalue weighted by atomic mass is 35.5. The van der Waals surface area contributed by atoms with Gasteiger partial charge < -0.3 is 15.1 Å². The summed E-state index contributed by atoms with van der Waals surface area (Å²) in [5, 5.41) is 7.18. The molecule has 0 radical (unpaired) electrons. The Morgan fingerprint density at radius 3 is 2.52 bits per heavy atom. The first-order valence-electron chi connectivity index (χ1n) is 7.94. The number of hydrogen-bond donors (Lipinski definition) is 2. The van der Waals surface area contributed by atoms with Crippen LogP contribution < -0.4 is 10.6 Å². The zero-order valence-corrected chi connectivity index (χ0v) is 14.6. The zero-order valence-electron chi connectivity index (χ0n) is 13.9. The van der Waals surface area contributed by atoms with E-state index >= 15 is 0 Å². The van der Waals surface area contributed by atoms with Gasteiger partial charge in [0.2, 0.25) is 5.89 Å². The summed E-state index contributed by atoms with van der Waals surface area (Å²) >= 11 is 6.16. The van der Waals surface area contributed by atoms with E-state index in [-0.39, 0.29) is 0 Å². The Labute approximate surface area is 151 Å². The summed E-state index contributed by atoms with van der Waals surface area (Å²) in [7, 11) is 1.72. The van der Waals surface area contributed by atoms with Crippen LogP contribution in [-0.2, 0) is 13.1 Å². The molecular weight excluding hydrogens is 336 g/mol. The molecule has 0 amide bonds. The molecule has 0 fully saturated rings. The molecule has 0 spiro atoms. The highest BCUT2D eigenvalue weighted by molar-refractivity contribution is 6.31. The predicted molar refractivity (Wildman–Crippen MR) is 100 cm³/mol. The largest absolute Gasteiger partial charge is 0.444 e. The van der Waals surface area contributed by atoms with Crippen LogP contribution in [0, 0.1) is 0 Å². The molecule has 0 saturated heterocycles. The lowest BCUT2D eigenvalue weighted by atomic mass is 10.2. The highest BCUT2D eigenvalue weighted by Gasteiger charge is 2.07. The second-order valence-electron chi connectivity index (χ2n) is 5.38. The summed E-state index contributed by atoms with van der Waals surface area (Å²) in [5.74, 6) is 1.28. The number of halogens is 1. The van der Waals surface area contributed by atoms with Gasteiger partial charge in [0.1, 0.15) is 6.26 Å². The number of benzene rings is 2. The van der Waals surface area contributed by atoms with Gasteiger partial charge in [-0.15, -0.1) is 0 Å². The third kappa shape index (κ3) is 4.61. The molecule has 1 aromatic heterocycles. The fourth-order valence-electron chi connectivity index (χ4n) is 2.32. The Balaban J connectivity index is 1.55. The summed E-state index contributed by atoms with van der Waals surface area (Å²) < 4.78 is 5.53. The van der Waals surface area contributed by atoms with Gasteiger partial charge in [-0.25, -0.2) is 4.98 Å². The van der Waals surface area contributed by atoms with Crippen molar-refractivity contribution in [3.05, 3.63) is 77.1 Å². The van der Waals surface area contributed by atoms with E-state index in [0.717, 1.165) is 21.8 Å². The summed E-state index contributed by atoms with van der Waals surface area (Å²) in [4.78, 5) is 8.69. The third-order valence-electron chi connectivity index (χ3n) is 3.64. The molecule has 5 nitrogen and oxygen atoms in total. The monoisotopic (exact) mass is 354 g/mol. The van der Waals surface area contributed by atoms with E-state index in [1.54, 1.807) is 13.3 Å². The molecule has 3 aromatic rings. The van der Waals surface area contributed by atoms with Crippen LogP contribution in [0.2, 0.25) is 5.02 Å². The van der Waals surface area contributed by atoms with Gasteiger partial charge in [-0.3, -0.25) is 4.99 Å². The van der Waals surface area contributed by atoms with E-state index in [1.807, 2.05) is 54.6 Å². The molecule has 0 unspecified atom stereocenters. The van der Waals surface area contributed by atoms with Crippen LogP contribution in [0.5, 0.6) is 0 Å². The SMILES string of the molecule is CN=C(NCc1coc(-c2ccccc2)n1)NCc1ccccc1Cl. The van der Waals surface area contributed by atoms with E-state index in [0.29, 0.717) is 24.9 Å². The number of guanidine groups is 1. The number of aliphatic imine (C=N–C) groups is 1. The van der Waals surface area contributed by atoms with Crippen LogP contribution in [-0.4, -0.2) is 18.0 Å². The first-order chi connectivity index (χ1) is 12.3. The van der Waals surface area contributed by atoms with Crippen molar-refractivity contribution in [2.75, 3.05) is 7.05 Å². The fraction of sp³-hybridized carbons (Fsp3) is 0.158. The Bertz CT molecular complexity index is 845. The number of nitrogens with one attached hydrogen (secondary N) is 2. The van der Waals surface area contributed by atoms with Crippen LogP contribution >= 0.6 is 11.6 Å². The Kier molecular flexibility index (Phi) is 5.69. The lowest BCUT2D eigenvalue weighted by Crippen LogP contribution is -2.36. The number of nitrogens with zero attached hydrogens (tertiary/aromatic N) is 2. The minimum Gasteiger partial charge on any atom is -0.444 e. The standard InChI is InChI=1S/C19H19ClN4O/c1-21-19(22-11-15-9-5-6-10-17(15)20)23-12-16-13-25-18(24-16)14-7-3-2-4-8-14/h2-10,13H,11-12H2,1H3,(H2,21,22,23). The lowest BCUT2D eigenvalue weighted by molar-refractivity contribution is 0.572. The predicted octanol–water partition coefficient (Wildman–Crippen LogP) is 3.86. The Morgan fingerprint density at radius 2 is 1.76 bits per heavy atom. The molecule has 1 heterocycles. The topological polar surface area (TPSA) is 62.5 Å². The quantitative estimate of drug-likeness (QED) is 0.539. The Morgan fingerprint density at radius 1 is 1.04 bits per heavy atom. The van der Waals surface area contributed by atoms with Crippen LogP contribution in [0.1, 0.15) is 11.3 Å². The first kappa shape index (κ1) is 17.0. The lowest BCUT2D eigenvalue weighted by Gasteiger charge is -2.11. The van der Waals surface area contributed by atoms with Crippen molar-refractivity contribution in [2.45, 2.75) is 13.1 Å². The molecule has 0 atom stereocenters. The summed E-state index contributed by atoms with van der Waals surface area (Å²) in [6, 6.07) is 17.5. The van der Waals surface area contributed by atoms with Crippen molar-refractivity contribution in [1.29, 1.82) is 0 Å². The molecule has 0 aliphatic heterocycles. The van der Waals surface area contributed by atoms with Gasteiger partial charge in [0.15, 0.2) is 5.96 Å². The van der Waals surface area contributed by atoms with Gasteiger partial charge >= 0.3 is 0 Å². The second kappa shape index (κ2) is 8.35. The first-order valence-corrected chi connectivity index (χ1v) is 8.32. The summed E-state index contributed by atoms with van der Waals surface area (Å²) in [6.07, 6.45) is 1.65. The smallest absolute Gasteiger partial charge is 0.226 e. The number of hydrogen-bond acceptors (Lipinski definition) is 3. The van der Waals surface area contributed by atoms with Crippen LogP contribution in [0.25, 0.3) is 11.5 Å². The molecule has 128 valence electrons. The molecule has 0 saturated carbocycles. The average molecular weight is 355 g/mol. The minimum absolute atomic E-state index is 0.512. The van der Waals surface area contributed by atoms with Crippen molar-refractivity contribution in [3.8, 4) is 11.5 Å². The van der Waals surface area contributed by atoms with Gasteiger partial charge in [0, 0.05) is 24.2 Å². The van der Waals surface area contributed by atoms with E-state index in [4.69, 9.17) is 16.0 Å². The maximum Gasteiger partial charge on any atom is 0.226 e. The minimum atomic E-state index is 0.512. The molecular formula is C19H19ClN4O. The molecule has 2 N–H and O–H groups in total. The molecule has 25 heavy (non-hydrogen) atoms. The van der Waals surface area contributed by atoms with Crippen molar-refractivity contribution in [1.82, 2.24) is 15.6 Å². The van der Waals surface area contributed by atoms with Gasteiger partial charge in [0.05, 0.1) is 12.2 Å². The third-order valence-corrected chi connectivity index (χ3v) is 4.01. The second-order valence-corrected chi connectivity index (χ2v) is 5.79. The molecule has 3 rings (SSSR count). The van der Waals surface area contributed by atoms with Gasteiger partial charge in [-0.2, -0.15) is 0 Å². The normalized spacial score (nSPS) is 11.4. The Hall–Kier alpha value is -2.79. The van der Waals surface area contributed by atoms with Gasteiger partial charge in [0.25, 0.3) is 0 Å². The highest BCUT2D eigenvalue weighted by Crippen LogP contribution is 2.17. The van der Waals surface area contributed by atoms with Crippen LogP contribution in [0.4, 0.5) is 0 Å². The zero-order chi connectivity index (χ0) is 17.5. The molecule has 2 aromatic carbocycles. The number of rotatable bonds is 5. The van der Waals surface area contributed by atoms with Crippen LogP contribution in [0.3, 0.4) is 0 Å². The summed E-state index contributed by atoms with van der Waals surface area (Å²) in [6.45, 7) is 1.10. The van der Waals surface area contributed by atoms with E-state index in [2.05, 4.69) is 20.6 Å². The molecule has 6 heteroatoms. The van der Waals surface area contributed by atoms with Crippen molar-refractivity contribution < 1.29 is 4.42 Å². The number of aromatic nitrogens is 1. The van der Waals surface area contributed by atoms with E-state index in [9.17, 15) is 0 Å². The maximum absolute atomic E-state index is 6.16. The van der Waals surface area contributed by atoms with Crippen LogP contribution in [0.15, 0.2) is 70.3 Å².